The third-order valence-electron chi connectivity index (χ3n) is 2.84. The second-order valence-electron chi connectivity index (χ2n) is 4.02. The molecular formula is C11H20N2O3. The third-order valence-corrected chi connectivity index (χ3v) is 2.84. The fourth-order valence-corrected chi connectivity index (χ4v) is 1.83. The van der Waals surface area contributed by atoms with E-state index in [1.165, 1.54) is 7.11 Å². The Morgan fingerprint density at radius 1 is 1.38 bits per heavy atom. The second-order valence-corrected chi connectivity index (χ2v) is 4.02. The number of amides is 2. The van der Waals surface area contributed by atoms with Gasteiger partial charge in [0.25, 0.3) is 0 Å². The Morgan fingerprint density at radius 2 is 2.00 bits per heavy atom. The lowest BCUT2D eigenvalue weighted by molar-refractivity contribution is -0.146. The molecule has 16 heavy (non-hydrogen) atoms. The maximum atomic E-state index is 11.6. The van der Waals surface area contributed by atoms with E-state index in [0.717, 1.165) is 6.42 Å². The van der Waals surface area contributed by atoms with Gasteiger partial charge < -0.3 is 15.0 Å². The molecule has 0 aliphatic carbocycles. The molecule has 0 aromatic carbocycles. The smallest absolute Gasteiger partial charge is 0.317 e. The van der Waals surface area contributed by atoms with E-state index >= 15 is 0 Å². The van der Waals surface area contributed by atoms with E-state index in [1.807, 2.05) is 6.92 Å². The number of likely N-dealkylation sites (tertiary alicyclic amines) is 1. The number of piperidine rings is 1. The Hall–Kier alpha value is -1.26. The summed E-state index contributed by atoms with van der Waals surface area (Å²) in [6.45, 7) is 3.99. The van der Waals surface area contributed by atoms with Crippen LogP contribution in [0.2, 0.25) is 0 Å². The molecule has 0 saturated carbocycles. The first kappa shape index (κ1) is 12.8. The number of urea groups is 1. The zero-order valence-electron chi connectivity index (χ0n) is 9.99. The minimum absolute atomic E-state index is 0.0230. The predicted molar refractivity (Wildman–Crippen MR) is 60.0 cm³/mol. The largest absolute Gasteiger partial charge is 0.469 e. The molecule has 0 radical (unpaired) electrons. The van der Waals surface area contributed by atoms with E-state index in [4.69, 9.17) is 4.74 Å². The number of nitrogens with one attached hydrogen (secondary N) is 1. The molecule has 1 N–H and O–H groups in total. The molecule has 0 spiro atoms. The van der Waals surface area contributed by atoms with E-state index in [1.54, 1.807) is 4.90 Å². The van der Waals surface area contributed by atoms with Crippen LogP contribution in [0.1, 0.15) is 26.2 Å². The summed E-state index contributed by atoms with van der Waals surface area (Å²) in [6.07, 6.45) is 2.34. The van der Waals surface area contributed by atoms with Gasteiger partial charge in [-0.1, -0.05) is 6.92 Å². The molecule has 2 amide bonds. The van der Waals surface area contributed by atoms with E-state index in [9.17, 15) is 9.59 Å². The van der Waals surface area contributed by atoms with Gasteiger partial charge in [-0.05, 0) is 19.3 Å². The lowest BCUT2D eigenvalue weighted by atomic mass is 9.97. The van der Waals surface area contributed by atoms with E-state index in [2.05, 4.69) is 5.32 Å². The van der Waals surface area contributed by atoms with E-state index in [0.29, 0.717) is 32.5 Å². The second kappa shape index (κ2) is 6.35. The average molecular weight is 228 g/mol. The van der Waals surface area contributed by atoms with Crippen LogP contribution in [-0.2, 0) is 9.53 Å². The number of esters is 1. The Morgan fingerprint density at radius 3 is 2.50 bits per heavy atom. The molecule has 0 aromatic rings. The highest BCUT2D eigenvalue weighted by Gasteiger charge is 2.27. The lowest BCUT2D eigenvalue weighted by Gasteiger charge is -2.30. The SMILES string of the molecule is CCCNC(=O)N1CCC(C(=O)OC)CC1. The topological polar surface area (TPSA) is 58.6 Å². The predicted octanol–water partition coefficient (Wildman–Crippen LogP) is 0.991. The van der Waals surface area contributed by atoms with Crippen molar-refractivity contribution >= 4 is 12.0 Å². The molecule has 0 bridgehead atoms. The Labute approximate surface area is 96.1 Å². The highest BCUT2D eigenvalue weighted by Crippen LogP contribution is 2.18. The van der Waals surface area contributed by atoms with Crippen molar-refractivity contribution in [1.82, 2.24) is 10.2 Å². The standard InChI is InChI=1S/C11H20N2O3/c1-3-6-12-11(15)13-7-4-9(5-8-13)10(14)16-2/h9H,3-8H2,1-2H3,(H,12,15). The van der Waals surface area contributed by atoms with Gasteiger partial charge in [0, 0.05) is 19.6 Å². The molecular weight excluding hydrogens is 208 g/mol. The highest BCUT2D eigenvalue weighted by atomic mass is 16.5. The van der Waals surface area contributed by atoms with Gasteiger partial charge >= 0.3 is 12.0 Å². The third kappa shape index (κ3) is 3.40. The van der Waals surface area contributed by atoms with Crippen molar-refractivity contribution in [1.29, 1.82) is 0 Å². The molecule has 5 heteroatoms. The lowest BCUT2D eigenvalue weighted by Crippen LogP contribution is -2.45. The molecule has 0 unspecified atom stereocenters. The van der Waals surface area contributed by atoms with Crippen LogP contribution in [0.15, 0.2) is 0 Å². The number of ether oxygens (including phenoxy) is 1. The van der Waals surface area contributed by atoms with Gasteiger partial charge in [0.05, 0.1) is 13.0 Å². The van der Waals surface area contributed by atoms with Crippen LogP contribution in [-0.4, -0.2) is 43.6 Å². The number of methoxy groups -OCH3 is 1. The molecule has 1 heterocycles. The van der Waals surface area contributed by atoms with Crippen molar-refractivity contribution in [2.45, 2.75) is 26.2 Å². The van der Waals surface area contributed by atoms with Crippen molar-refractivity contribution in [2.24, 2.45) is 5.92 Å². The summed E-state index contributed by atoms with van der Waals surface area (Å²) in [5.41, 5.74) is 0. The van der Waals surface area contributed by atoms with Gasteiger partial charge in [-0.3, -0.25) is 4.79 Å². The number of rotatable bonds is 3. The fraction of sp³-hybridized carbons (Fsp3) is 0.818. The number of nitrogens with zero attached hydrogens (tertiary/aromatic N) is 1. The summed E-state index contributed by atoms with van der Waals surface area (Å²) in [5.74, 6) is -0.200. The molecule has 1 rings (SSSR count). The Kier molecular flexibility index (Phi) is 5.08. The number of carbonyl (C=O) groups is 2. The van der Waals surface area contributed by atoms with Gasteiger partial charge in [-0.2, -0.15) is 0 Å². The highest BCUT2D eigenvalue weighted by molar-refractivity contribution is 5.75. The van der Waals surface area contributed by atoms with Gasteiger partial charge in [0.1, 0.15) is 0 Å². The zero-order valence-corrected chi connectivity index (χ0v) is 9.99. The zero-order chi connectivity index (χ0) is 12.0. The quantitative estimate of drug-likeness (QED) is 0.733. The molecule has 0 aromatic heterocycles. The van der Waals surface area contributed by atoms with Gasteiger partial charge in [-0.25, -0.2) is 4.79 Å². The van der Waals surface area contributed by atoms with Crippen LogP contribution >= 0.6 is 0 Å². The molecule has 1 fully saturated rings. The van der Waals surface area contributed by atoms with Crippen LogP contribution in [0.4, 0.5) is 4.79 Å². The minimum Gasteiger partial charge on any atom is -0.469 e. The molecule has 0 atom stereocenters. The fourth-order valence-electron chi connectivity index (χ4n) is 1.83. The Balaban J connectivity index is 2.31. The molecule has 5 nitrogen and oxygen atoms in total. The van der Waals surface area contributed by atoms with Crippen molar-refractivity contribution in [3.8, 4) is 0 Å². The first-order valence-electron chi connectivity index (χ1n) is 5.79. The monoisotopic (exact) mass is 228 g/mol. The molecule has 92 valence electrons. The van der Waals surface area contributed by atoms with Crippen LogP contribution in [0, 0.1) is 5.92 Å². The first-order valence-corrected chi connectivity index (χ1v) is 5.79. The van der Waals surface area contributed by atoms with Gasteiger partial charge in [0.2, 0.25) is 0 Å². The molecule has 1 saturated heterocycles. The van der Waals surface area contributed by atoms with Crippen molar-refractivity contribution in [3.05, 3.63) is 0 Å². The molecule has 1 aliphatic rings. The first-order chi connectivity index (χ1) is 7.69. The van der Waals surface area contributed by atoms with Crippen LogP contribution in [0.3, 0.4) is 0 Å². The Bertz CT molecular complexity index is 248. The van der Waals surface area contributed by atoms with Crippen molar-refractivity contribution in [3.63, 3.8) is 0 Å². The van der Waals surface area contributed by atoms with Crippen LogP contribution in [0.25, 0.3) is 0 Å². The van der Waals surface area contributed by atoms with Crippen molar-refractivity contribution in [2.75, 3.05) is 26.7 Å². The number of hydrogen-bond acceptors (Lipinski definition) is 3. The summed E-state index contributed by atoms with van der Waals surface area (Å²) in [6, 6.07) is -0.0230. The van der Waals surface area contributed by atoms with Crippen LogP contribution < -0.4 is 5.32 Å². The summed E-state index contributed by atoms with van der Waals surface area (Å²) in [4.78, 5) is 24.6. The summed E-state index contributed by atoms with van der Waals surface area (Å²) in [7, 11) is 1.41. The maximum Gasteiger partial charge on any atom is 0.317 e. The minimum atomic E-state index is -0.159. The van der Waals surface area contributed by atoms with Crippen LogP contribution in [0.5, 0.6) is 0 Å². The normalized spacial score (nSPS) is 17.0. The summed E-state index contributed by atoms with van der Waals surface area (Å²) < 4.78 is 4.69. The number of carbonyl (C=O) groups excluding carboxylic acids is 2. The summed E-state index contributed by atoms with van der Waals surface area (Å²) >= 11 is 0. The van der Waals surface area contributed by atoms with E-state index in [-0.39, 0.29) is 17.9 Å². The van der Waals surface area contributed by atoms with Crippen molar-refractivity contribution < 1.29 is 14.3 Å². The average Bonchev–Trinajstić information content (AvgIpc) is 2.35. The summed E-state index contributed by atoms with van der Waals surface area (Å²) in [5, 5.41) is 2.83. The van der Waals surface area contributed by atoms with Gasteiger partial charge in [-0.15, -0.1) is 0 Å². The maximum absolute atomic E-state index is 11.6. The molecule has 1 aliphatic heterocycles. The van der Waals surface area contributed by atoms with E-state index < -0.39 is 0 Å². The van der Waals surface area contributed by atoms with Gasteiger partial charge in [0.15, 0.2) is 0 Å². The number of hydrogen-bond donors (Lipinski definition) is 1.